The van der Waals surface area contributed by atoms with Gasteiger partial charge in [0.2, 0.25) is 5.91 Å². The molecular weight excluding hydrogens is 338 g/mol. The number of benzene rings is 1. The fraction of sp³-hybridized carbons (Fsp3) is 0.364. The van der Waals surface area contributed by atoms with Gasteiger partial charge in [0.25, 0.3) is 0 Å². The Kier molecular flexibility index (Phi) is 5.61. The topological polar surface area (TPSA) is 45.7 Å². The predicted molar refractivity (Wildman–Crippen MR) is 105 cm³/mol. The van der Waals surface area contributed by atoms with Crippen molar-refractivity contribution in [2.45, 2.75) is 12.5 Å². The monoisotopic (exact) mass is 363 g/mol. The van der Waals surface area contributed by atoms with Crippen LogP contribution in [-0.2, 0) is 9.53 Å². The minimum atomic E-state index is -0.283. The molecule has 1 amide bonds. The second kappa shape index (κ2) is 8.46. The molecule has 0 aliphatic carbocycles. The number of pyridine rings is 1. The van der Waals surface area contributed by atoms with Gasteiger partial charge in [-0.2, -0.15) is 0 Å². The zero-order valence-electron chi connectivity index (χ0n) is 15.5. The summed E-state index contributed by atoms with van der Waals surface area (Å²) in [5, 5.41) is 0. The number of ether oxygens (including phenoxy) is 1. The number of morpholine rings is 1. The Hall–Kier alpha value is -2.50. The SMILES string of the molecule is O=C([C@@H](c1cccnc1)N1CCOCC1)N1CC=C(c2ccccc2)CC1. The zero-order valence-corrected chi connectivity index (χ0v) is 15.5. The molecule has 5 heteroatoms. The van der Waals surface area contributed by atoms with Crippen LogP contribution in [0.5, 0.6) is 0 Å². The third-order valence-electron chi connectivity index (χ3n) is 5.31. The lowest BCUT2D eigenvalue weighted by atomic mass is 9.98. The summed E-state index contributed by atoms with van der Waals surface area (Å²) in [5.74, 6) is 0.160. The van der Waals surface area contributed by atoms with Crippen molar-refractivity contribution in [2.24, 2.45) is 0 Å². The van der Waals surface area contributed by atoms with Gasteiger partial charge in [-0.1, -0.05) is 42.5 Å². The van der Waals surface area contributed by atoms with Crippen LogP contribution in [0, 0.1) is 0 Å². The van der Waals surface area contributed by atoms with Gasteiger partial charge in [0, 0.05) is 38.6 Å². The molecule has 1 saturated heterocycles. The van der Waals surface area contributed by atoms with Gasteiger partial charge in [0.15, 0.2) is 0 Å². The average Bonchev–Trinajstić information content (AvgIpc) is 2.76. The molecule has 0 radical (unpaired) electrons. The molecule has 2 aliphatic rings. The van der Waals surface area contributed by atoms with Gasteiger partial charge in [-0.25, -0.2) is 0 Å². The lowest BCUT2D eigenvalue weighted by Crippen LogP contribution is -2.48. The van der Waals surface area contributed by atoms with Crippen LogP contribution >= 0.6 is 0 Å². The van der Waals surface area contributed by atoms with E-state index in [4.69, 9.17) is 4.74 Å². The largest absolute Gasteiger partial charge is 0.379 e. The summed E-state index contributed by atoms with van der Waals surface area (Å²) in [6.07, 6.45) is 6.64. The first kappa shape index (κ1) is 17.9. The van der Waals surface area contributed by atoms with Crippen LogP contribution in [0.2, 0.25) is 0 Å². The summed E-state index contributed by atoms with van der Waals surface area (Å²) >= 11 is 0. The number of hydrogen-bond donors (Lipinski definition) is 0. The Morgan fingerprint density at radius 1 is 1.04 bits per heavy atom. The normalized spacial score (nSPS) is 19.4. The van der Waals surface area contributed by atoms with Crippen molar-refractivity contribution in [3.8, 4) is 0 Å². The molecule has 0 saturated carbocycles. The van der Waals surface area contributed by atoms with Crippen LogP contribution in [0.15, 0.2) is 60.9 Å². The fourth-order valence-electron chi connectivity index (χ4n) is 3.84. The third-order valence-corrected chi connectivity index (χ3v) is 5.31. The van der Waals surface area contributed by atoms with Gasteiger partial charge in [-0.3, -0.25) is 14.7 Å². The number of rotatable bonds is 4. The maximum absolute atomic E-state index is 13.4. The molecule has 0 unspecified atom stereocenters. The van der Waals surface area contributed by atoms with Crippen molar-refractivity contribution in [3.63, 3.8) is 0 Å². The van der Waals surface area contributed by atoms with E-state index in [0.717, 1.165) is 31.6 Å². The van der Waals surface area contributed by atoms with Crippen molar-refractivity contribution < 1.29 is 9.53 Å². The first-order chi connectivity index (χ1) is 13.3. The first-order valence-corrected chi connectivity index (χ1v) is 9.58. The minimum Gasteiger partial charge on any atom is -0.379 e. The molecule has 0 spiro atoms. The van der Waals surface area contributed by atoms with E-state index in [9.17, 15) is 4.79 Å². The number of carbonyl (C=O) groups is 1. The first-order valence-electron chi connectivity index (χ1n) is 9.58. The third kappa shape index (κ3) is 4.10. The second-order valence-electron chi connectivity index (χ2n) is 6.97. The standard InChI is InChI=1S/C22H25N3O2/c26-22(25-11-8-19(9-12-25)18-5-2-1-3-6-18)21(20-7-4-10-23-17-20)24-13-15-27-16-14-24/h1-8,10,17,21H,9,11-16H2/t21-/m1/s1. The molecule has 140 valence electrons. The van der Waals surface area contributed by atoms with Gasteiger partial charge < -0.3 is 9.64 Å². The Morgan fingerprint density at radius 2 is 1.85 bits per heavy atom. The van der Waals surface area contributed by atoms with Crippen LogP contribution in [0.3, 0.4) is 0 Å². The molecule has 4 rings (SSSR count). The molecule has 5 nitrogen and oxygen atoms in total. The Labute approximate surface area is 160 Å². The lowest BCUT2D eigenvalue weighted by Gasteiger charge is -2.37. The summed E-state index contributed by atoms with van der Waals surface area (Å²) in [5.41, 5.74) is 3.53. The summed E-state index contributed by atoms with van der Waals surface area (Å²) in [6, 6.07) is 14.0. The van der Waals surface area contributed by atoms with Crippen molar-refractivity contribution in [2.75, 3.05) is 39.4 Å². The molecule has 27 heavy (non-hydrogen) atoms. The van der Waals surface area contributed by atoms with Crippen molar-refractivity contribution in [1.29, 1.82) is 0 Å². The summed E-state index contributed by atoms with van der Waals surface area (Å²) in [6.45, 7) is 4.28. The molecular formula is C22H25N3O2. The number of hydrogen-bond acceptors (Lipinski definition) is 4. The highest BCUT2D eigenvalue weighted by Crippen LogP contribution is 2.27. The van der Waals surface area contributed by atoms with Gasteiger partial charge in [-0.05, 0) is 29.2 Å². The number of nitrogens with zero attached hydrogens (tertiary/aromatic N) is 3. The van der Waals surface area contributed by atoms with Crippen molar-refractivity contribution in [3.05, 3.63) is 72.1 Å². The van der Waals surface area contributed by atoms with Crippen LogP contribution < -0.4 is 0 Å². The lowest BCUT2D eigenvalue weighted by molar-refractivity contribution is -0.138. The van der Waals surface area contributed by atoms with E-state index in [1.54, 1.807) is 6.20 Å². The highest BCUT2D eigenvalue weighted by atomic mass is 16.5. The Balaban J connectivity index is 1.53. The molecule has 0 N–H and O–H groups in total. The summed E-state index contributed by atoms with van der Waals surface area (Å²) in [7, 11) is 0. The molecule has 1 aromatic heterocycles. The Morgan fingerprint density at radius 3 is 2.52 bits per heavy atom. The maximum atomic E-state index is 13.4. The van der Waals surface area contributed by atoms with Gasteiger partial charge in [0.05, 0.1) is 13.2 Å². The second-order valence-corrected chi connectivity index (χ2v) is 6.97. The van der Waals surface area contributed by atoms with E-state index in [1.807, 2.05) is 29.3 Å². The maximum Gasteiger partial charge on any atom is 0.244 e. The van der Waals surface area contributed by atoms with E-state index in [0.29, 0.717) is 19.8 Å². The van der Waals surface area contributed by atoms with Crippen LogP contribution in [0.4, 0.5) is 0 Å². The quantitative estimate of drug-likeness (QED) is 0.838. The average molecular weight is 363 g/mol. The van der Waals surface area contributed by atoms with Crippen LogP contribution in [0.1, 0.15) is 23.6 Å². The van der Waals surface area contributed by atoms with Gasteiger partial charge in [-0.15, -0.1) is 0 Å². The summed E-state index contributed by atoms with van der Waals surface area (Å²) in [4.78, 5) is 21.9. The minimum absolute atomic E-state index is 0.160. The van der Waals surface area contributed by atoms with Gasteiger partial charge in [0.1, 0.15) is 6.04 Å². The zero-order chi connectivity index (χ0) is 18.5. The van der Waals surface area contributed by atoms with E-state index < -0.39 is 0 Å². The molecule has 1 fully saturated rings. The molecule has 1 atom stereocenters. The fourth-order valence-corrected chi connectivity index (χ4v) is 3.84. The van der Waals surface area contributed by atoms with E-state index in [2.05, 4.69) is 40.2 Å². The molecule has 3 heterocycles. The van der Waals surface area contributed by atoms with Crippen LogP contribution in [0.25, 0.3) is 5.57 Å². The molecule has 0 bridgehead atoms. The molecule has 2 aliphatic heterocycles. The molecule has 1 aromatic carbocycles. The van der Waals surface area contributed by atoms with Crippen LogP contribution in [-0.4, -0.2) is 60.1 Å². The predicted octanol–water partition coefficient (Wildman–Crippen LogP) is 2.77. The number of aromatic nitrogens is 1. The van der Waals surface area contributed by atoms with Crippen molar-refractivity contribution in [1.82, 2.24) is 14.8 Å². The molecule has 2 aromatic rings. The van der Waals surface area contributed by atoms with Gasteiger partial charge >= 0.3 is 0 Å². The highest BCUT2D eigenvalue weighted by Gasteiger charge is 2.33. The Bertz CT molecular complexity index is 786. The highest BCUT2D eigenvalue weighted by molar-refractivity contribution is 5.84. The van der Waals surface area contributed by atoms with E-state index in [1.165, 1.54) is 11.1 Å². The van der Waals surface area contributed by atoms with Crippen molar-refractivity contribution >= 4 is 11.5 Å². The number of amides is 1. The smallest absolute Gasteiger partial charge is 0.244 e. The number of carbonyl (C=O) groups excluding carboxylic acids is 1. The van der Waals surface area contributed by atoms with E-state index in [-0.39, 0.29) is 11.9 Å². The van der Waals surface area contributed by atoms with E-state index >= 15 is 0 Å². The summed E-state index contributed by atoms with van der Waals surface area (Å²) < 4.78 is 5.48.